The van der Waals surface area contributed by atoms with E-state index in [1.165, 1.54) is 0 Å². The first-order valence-corrected chi connectivity index (χ1v) is 16.9. The Morgan fingerprint density at radius 3 is 1.79 bits per heavy atom. The minimum atomic E-state index is -1.20. The zero-order valence-corrected chi connectivity index (χ0v) is 28.4. The zero-order chi connectivity index (χ0) is 64.4. The maximum atomic E-state index is 10.2. The first kappa shape index (κ1) is 13.8. The quantitative estimate of drug-likeness (QED) is 0.164. The topological polar surface area (TPSA) is 38.9 Å². The number of aromatic nitrogens is 2. The van der Waals surface area contributed by atoms with Crippen molar-refractivity contribution in [3.05, 3.63) is 194 Å². The molecule has 0 bridgehead atoms. The van der Waals surface area contributed by atoms with Crippen LogP contribution in [0.1, 0.15) is 42.5 Å². The van der Waals surface area contributed by atoms with Gasteiger partial charge >= 0.3 is 0 Å². The molecule has 3 nitrogen and oxygen atoms in total. The van der Waals surface area contributed by atoms with Gasteiger partial charge in [0.15, 0.2) is 0 Å². The third-order valence-electron chi connectivity index (χ3n) is 9.45. The fourth-order valence-corrected chi connectivity index (χ4v) is 7.05. The van der Waals surface area contributed by atoms with E-state index in [9.17, 15) is 19.2 Å². The van der Waals surface area contributed by atoms with E-state index in [2.05, 4.69) is 9.97 Å². The minimum Gasteiger partial charge on any atom is -0.455 e. The molecular weight excluding hydrogens is 693 g/mol. The van der Waals surface area contributed by atoms with E-state index in [4.69, 9.17) is 27.7 Å². The lowest BCUT2D eigenvalue weighted by Crippen LogP contribution is -1.92. The summed E-state index contributed by atoms with van der Waals surface area (Å²) >= 11 is 0. The zero-order valence-electron chi connectivity index (χ0n) is 59.4. The van der Waals surface area contributed by atoms with Gasteiger partial charge in [0.25, 0.3) is 0 Å². The van der Waals surface area contributed by atoms with Crippen molar-refractivity contribution in [1.82, 2.24) is 9.97 Å². The van der Waals surface area contributed by atoms with Gasteiger partial charge in [-0.1, -0.05) is 169 Å². The lowest BCUT2D eigenvalue weighted by atomic mass is 9.86. The van der Waals surface area contributed by atoms with Crippen LogP contribution >= 0.6 is 0 Å². The highest BCUT2D eigenvalue weighted by Crippen LogP contribution is 2.52. The molecule has 0 amide bonds. The van der Waals surface area contributed by atoms with Gasteiger partial charge in [0.2, 0.25) is 0 Å². The fourth-order valence-electron chi connectivity index (χ4n) is 7.05. The van der Waals surface area contributed by atoms with Gasteiger partial charge < -0.3 is 4.42 Å². The van der Waals surface area contributed by atoms with Crippen LogP contribution in [-0.2, 0) is 0 Å². The molecule has 0 unspecified atom stereocenters. The number of hydrogen-bond donors (Lipinski definition) is 0. The summed E-state index contributed by atoms with van der Waals surface area (Å²) in [6, 6.07) is -27.5. The molecule has 57 heavy (non-hydrogen) atoms. The van der Waals surface area contributed by atoms with Gasteiger partial charge in [-0.2, -0.15) is 0 Å². The maximum Gasteiger partial charge on any atom is 0.143 e. The molecule has 12 rings (SSSR count). The van der Waals surface area contributed by atoms with Crippen molar-refractivity contribution in [2.24, 2.45) is 0 Å². The van der Waals surface area contributed by atoms with E-state index in [0.29, 0.717) is 0 Å². The molecule has 0 aliphatic heterocycles. The first-order chi connectivity index (χ1) is 41.2. The summed E-state index contributed by atoms with van der Waals surface area (Å²) in [7, 11) is 0. The highest BCUT2D eigenvalue weighted by atomic mass is 16.3. The van der Waals surface area contributed by atoms with E-state index in [1.54, 1.807) is 0 Å². The third kappa shape index (κ3) is 4.86. The molecule has 0 radical (unpaired) electrons. The molecule has 0 spiro atoms. The highest BCUT2D eigenvalue weighted by Gasteiger charge is 2.28. The summed E-state index contributed by atoms with van der Waals surface area (Å²) in [5.41, 5.74) is -7.99. The van der Waals surface area contributed by atoms with Crippen molar-refractivity contribution in [3.63, 3.8) is 0 Å². The smallest absolute Gasteiger partial charge is 0.143 e. The van der Waals surface area contributed by atoms with Gasteiger partial charge in [-0.3, -0.25) is 4.98 Å². The molecule has 3 heteroatoms. The van der Waals surface area contributed by atoms with E-state index >= 15 is 0 Å². The monoisotopic (exact) mass is 755 g/mol. The molecule has 12 aromatic rings. The Morgan fingerprint density at radius 1 is 0.386 bits per heavy atom. The van der Waals surface area contributed by atoms with Crippen LogP contribution in [0, 0.1) is 0 Å². The molecule has 3 heterocycles. The van der Waals surface area contributed by atoms with E-state index < -0.39 is 298 Å². The van der Waals surface area contributed by atoms with E-state index in [1.807, 2.05) is 0 Å². The molecule has 264 valence electrons. The summed E-state index contributed by atoms with van der Waals surface area (Å²) < 4.78 is 290. The average Bonchev–Trinajstić information content (AvgIpc) is 1.12. The summed E-state index contributed by atoms with van der Waals surface area (Å²) in [5.74, 6) is -1.92. The van der Waals surface area contributed by atoms with Crippen LogP contribution in [0.25, 0.3) is 121 Å². The van der Waals surface area contributed by atoms with Crippen LogP contribution in [0.2, 0.25) is 0 Å². The van der Waals surface area contributed by atoms with Crippen molar-refractivity contribution in [2.75, 3.05) is 0 Å². The molecule has 0 aliphatic carbocycles. The van der Waals surface area contributed by atoms with Crippen LogP contribution in [0.5, 0.6) is 0 Å². The second-order valence-electron chi connectivity index (χ2n) is 12.5. The van der Waals surface area contributed by atoms with Crippen molar-refractivity contribution in [3.8, 4) is 56.2 Å². The van der Waals surface area contributed by atoms with Crippen LogP contribution < -0.4 is 0 Å². The van der Waals surface area contributed by atoms with Crippen molar-refractivity contribution in [1.29, 1.82) is 0 Å². The molecule has 3 aromatic heterocycles. The molecule has 0 saturated heterocycles. The highest BCUT2D eigenvalue weighted by molar-refractivity contribution is 6.26. The van der Waals surface area contributed by atoms with Crippen LogP contribution in [0.4, 0.5) is 0 Å². The molecule has 9 aromatic carbocycles. The Kier molecular flexibility index (Phi) is 3.02. The predicted octanol–water partition coefficient (Wildman–Crippen LogP) is 14.8. The SMILES string of the molecule is [2H]c1nc2c(c([2H])c1[2H])c([2H])c([2H])c1c([2H])c([2H])c(-c3c([2H])c([2H])c(-c4c(-c5c([2H])c([2H])c([2H])c([2H])c5[2H])oc(-c5cc([2H])c6c([2H])c([2H])c7c([2H])c([2H])c([2H])c8c([2H])c([2H])c5c6c78)c4-c4c([2H])c([2H])c([2H])c([2H])c4[2H])c4c([2H])c([2H])c([2H])c([2H])c34)nc12. The lowest BCUT2D eigenvalue weighted by molar-refractivity contribution is 0.599. The molecule has 0 atom stereocenters. The molecule has 0 fully saturated rings. The second-order valence-corrected chi connectivity index (χ2v) is 12.5. The molecule has 0 aliphatic rings. The normalized spacial score (nSPS) is 19.5. The Balaban J connectivity index is 1.39. The minimum absolute atomic E-state index is 0.337. The van der Waals surface area contributed by atoms with Crippen molar-refractivity contribution in [2.45, 2.75) is 0 Å². The largest absolute Gasteiger partial charge is 0.455 e. The van der Waals surface area contributed by atoms with Crippen LogP contribution in [0.3, 0.4) is 0 Å². The van der Waals surface area contributed by atoms with Gasteiger partial charge in [0, 0.05) is 44.8 Å². The van der Waals surface area contributed by atoms with Gasteiger partial charge in [-0.15, -0.1) is 0 Å². The average molecular weight is 756 g/mol. The number of hydrogen-bond acceptors (Lipinski definition) is 3. The van der Waals surface area contributed by atoms with Gasteiger partial charge in [-0.25, -0.2) is 4.98 Å². The molecular formula is C54H32N2O. The standard InChI is InChI=1S/C54H32N2O/c1-3-11-33(12-4-1)49-50(43-30-29-42(40-18-7-8-19-41(40)43)46-31-26-38-23-22-37-17-10-32-55-51(37)52(38)56-46)53(39-13-5-2-6-14-39)57-54(49)45-28-25-36-21-20-34-15-9-16-35-24-27-44(45)48(36)47(34)35/h1-32H/i1D,2D,3D,4D,5D,6D,7D,8D,9D,10D,11D,12D,13D,14D,15D,16D,17D,18D,19D,20D,21D,22D,23D,24D,25D,26D,27D,29D,30D,31D,32D. The number of benzene rings is 9. The lowest BCUT2D eigenvalue weighted by Gasteiger charge is -2.15. The molecule has 0 N–H and O–H groups in total. The summed E-state index contributed by atoms with van der Waals surface area (Å²) in [4.78, 5) is 8.56. The Bertz CT molecular complexity index is 5270. The summed E-state index contributed by atoms with van der Waals surface area (Å²) in [5, 5.41) is -5.36. The first-order valence-electron chi connectivity index (χ1n) is 32.4. The number of fused-ring (bicyclic) bond motifs is 4. The van der Waals surface area contributed by atoms with E-state index in [0.717, 1.165) is 6.07 Å². The molecule has 0 saturated carbocycles. The third-order valence-corrected chi connectivity index (χ3v) is 9.45. The van der Waals surface area contributed by atoms with Crippen LogP contribution in [0.15, 0.2) is 198 Å². The number of rotatable bonds is 5. The Hall–Kier alpha value is -7.62. The van der Waals surface area contributed by atoms with E-state index in [-0.39, 0.29) is 10.8 Å². The van der Waals surface area contributed by atoms with Crippen molar-refractivity contribution >= 4 is 64.9 Å². The fraction of sp³-hybridized carbons (Fsp3) is 0. The predicted molar refractivity (Wildman–Crippen MR) is 238 cm³/mol. The Labute approximate surface area is 372 Å². The van der Waals surface area contributed by atoms with Crippen molar-refractivity contribution < 1.29 is 46.9 Å². The number of nitrogens with zero attached hydrogens (tertiary/aromatic N) is 2. The van der Waals surface area contributed by atoms with Gasteiger partial charge in [0.1, 0.15) is 11.5 Å². The van der Waals surface area contributed by atoms with Gasteiger partial charge in [-0.05, 0) is 72.4 Å². The maximum absolute atomic E-state index is 10.2. The Morgan fingerprint density at radius 2 is 1.00 bits per heavy atom. The summed E-state index contributed by atoms with van der Waals surface area (Å²) in [6.07, 6.45) is -0.821. The second kappa shape index (κ2) is 12.5. The number of pyridine rings is 2. The van der Waals surface area contributed by atoms with Gasteiger partial charge in [0.05, 0.1) is 59.2 Å². The number of furan rings is 1. The van der Waals surface area contributed by atoms with Crippen LogP contribution in [-0.4, -0.2) is 9.97 Å². The summed E-state index contributed by atoms with van der Waals surface area (Å²) in [6.45, 7) is 0.